The van der Waals surface area contributed by atoms with Gasteiger partial charge in [0.2, 0.25) is 0 Å². The van der Waals surface area contributed by atoms with E-state index in [4.69, 9.17) is 0 Å². The summed E-state index contributed by atoms with van der Waals surface area (Å²) in [4.78, 5) is 16.8. The van der Waals surface area contributed by atoms with Crippen LogP contribution in [-0.4, -0.2) is 62.0 Å². The molecule has 1 fully saturated rings. The molecule has 1 saturated heterocycles. The van der Waals surface area contributed by atoms with E-state index in [1.54, 1.807) is 12.1 Å². The van der Waals surface area contributed by atoms with E-state index in [9.17, 15) is 9.18 Å². The van der Waals surface area contributed by atoms with E-state index in [0.29, 0.717) is 18.2 Å². The summed E-state index contributed by atoms with van der Waals surface area (Å²) >= 11 is 0. The van der Waals surface area contributed by atoms with Crippen LogP contribution in [0.2, 0.25) is 0 Å². The van der Waals surface area contributed by atoms with Crippen LogP contribution < -0.4 is 5.32 Å². The summed E-state index contributed by atoms with van der Waals surface area (Å²) in [7, 11) is 4.41. The van der Waals surface area contributed by atoms with E-state index in [1.807, 2.05) is 0 Å². The molecule has 134 valence electrons. The number of hydrogen-bond acceptors (Lipinski definition) is 3. The Labute approximate surface area is 145 Å². The maximum Gasteiger partial charge on any atom is 0.251 e. The van der Waals surface area contributed by atoms with Crippen LogP contribution in [0.25, 0.3) is 0 Å². The molecule has 1 amide bonds. The number of likely N-dealkylation sites (tertiary alicyclic amines) is 1. The lowest BCUT2D eigenvalue weighted by molar-refractivity contribution is 0.0952. The molecule has 0 unspecified atom stereocenters. The molecule has 1 heterocycles. The van der Waals surface area contributed by atoms with Gasteiger partial charge >= 0.3 is 0 Å². The summed E-state index contributed by atoms with van der Waals surface area (Å²) in [5.74, 6) is -0.572. The smallest absolute Gasteiger partial charge is 0.251 e. The molecule has 5 heteroatoms. The second-order valence-electron chi connectivity index (χ2n) is 6.84. The number of unbranched alkanes of at least 4 members (excludes halogenated alkanes) is 2. The van der Waals surface area contributed by atoms with E-state index in [0.717, 1.165) is 25.8 Å². The van der Waals surface area contributed by atoms with Crippen LogP contribution in [0.4, 0.5) is 4.39 Å². The van der Waals surface area contributed by atoms with Crippen molar-refractivity contribution in [3.05, 3.63) is 35.6 Å². The topological polar surface area (TPSA) is 35.6 Å². The lowest BCUT2D eigenvalue weighted by Crippen LogP contribution is -2.42. The molecule has 2 rings (SSSR count). The van der Waals surface area contributed by atoms with E-state index in [2.05, 4.69) is 29.2 Å². The summed E-state index contributed by atoms with van der Waals surface area (Å²) in [5, 5.41) is 2.86. The number of piperidine rings is 1. The van der Waals surface area contributed by atoms with Gasteiger partial charge in [-0.2, -0.15) is 0 Å². The summed E-state index contributed by atoms with van der Waals surface area (Å²) in [6, 6.07) is 6.52. The van der Waals surface area contributed by atoms with Gasteiger partial charge in [0.25, 0.3) is 5.91 Å². The van der Waals surface area contributed by atoms with Crippen molar-refractivity contribution >= 4 is 5.91 Å². The van der Waals surface area contributed by atoms with Gasteiger partial charge in [-0.3, -0.25) is 4.79 Å². The summed E-state index contributed by atoms with van der Waals surface area (Å²) in [6.07, 6.45) is 5.73. The number of carbonyl (C=O) groups excluding carboxylic acids is 1. The predicted octanol–water partition coefficient (Wildman–Crippen LogP) is 2.75. The minimum atomic E-state index is -0.375. The van der Waals surface area contributed by atoms with Gasteiger partial charge in [0.1, 0.15) is 5.82 Å². The molecular formula is C19H30FN3O. The second kappa shape index (κ2) is 9.74. The molecule has 0 spiro atoms. The Kier molecular flexibility index (Phi) is 7.66. The fourth-order valence-corrected chi connectivity index (χ4v) is 3.21. The Morgan fingerprint density at radius 1 is 1.29 bits per heavy atom. The van der Waals surface area contributed by atoms with Crippen LogP contribution in [0, 0.1) is 5.82 Å². The molecule has 0 aliphatic carbocycles. The van der Waals surface area contributed by atoms with E-state index < -0.39 is 0 Å². The van der Waals surface area contributed by atoms with Gasteiger partial charge in [0, 0.05) is 18.2 Å². The SMILES string of the molecule is CN1CCC(N(C)CCCCCNC(=O)c2cccc(F)c2)CC1. The predicted molar refractivity (Wildman–Crippen MR) is 95.7 cm³/mol. The lowest BCUT2D eigenvalue weighted by atomic mass is 10.0. The number of benzene rings is 1. The van der Waals surface area contributed by atoms with Gasteiger partial charge in [-0.1, -0.05) is 12.5 Å². The highest BCUT2D eigenvalue weighted by molar-refractivity contribution is 5.94. The molecular weight excluding hydrogens is 305 g/mol. The van der Waals surface area contributed by atoms with E-state index >= 15 is 0 Å². The number of nitrogens with zero attached hydrogens (tertiary/aromatic N) is 2. The monoisotopic (exact) mass is 335 g/mol. The van der Waals surface area contributed by atoms with Crippen molar-refractivity contribution in [1.82, 2.24) is 15.1 Å². The Hall–Kier alpha value is -1.46. The third kappa shape index (κ3) is 6.21. The summed E-state index contributed by atoms with van der Waals surface area (Å²) < 4.78 is 13.1. The third-order valence-electron chi connectivity index (χ3n) is 4.87. The standard InChI is InChI=1S/C19H30FN3O/c1-22-13-9-18(10-14-22)23(2)12-5-3-4-11-21-19(24)16-7-6-8-17(20)15-16/h6-8,15,18H,3-5,9-14H2,1-2H3,(H,21,24). The lowest BCUT2D eigenvalue weighted by Gasteiger charge is -2.35. The number of nitrogens with one attached hydrogen (secondary N) is 1. The molecule has 0 atom stereocenters. The normalized spacial score (nSPS) is 16.5. The molecule has 4 nitrogen and oxygen atoms in total. The first kappa shape index (κ1) is 18.9. The van der Waals surface area contributed by atoms with Crippen molar-refractivity contribution < 1.29 is 9.18 Å². The third-order valence-corrected chi connectivity index (χ3v) is 4.87. The molecule has 1 aromatic rings. The Morgan fingerprint density at radius 2 is 2.04 bits per heavy atom. The Balaban J connectivity index is 1.54. The zero-order chi connectivity index (χ0) is 17.4. The van der Waals surface area contributed by atoms with E-state index in [-0.39, 0.29) is 11.7 Å². The molecule has 0 saturated carbocycles. The number of halogens is 1. The van der Waals surface area contributed by atoms with Gasteiger partial charge in [0.05, 0.1) is 0 Å². The quantitative estimate of drug-likeness (QED) is 0.742. The minimum Gasteiger partial charge on any atom is -0.352 e. The largest absolute Gasteiger partial charge is 0.352 e. The minimum absolute atomic E-state index is 0.196. The van der Waals surface area contributed by atoms with Crippen LogP contribution in [0.15, 0.2) is 24.3 Å². The average molecular weight is 335 g/mol. The summed E-state index contributed by atoms with van der Waals surface area (Å²) in [6.45, 7) is 4.15. The fraction of sp³-hybridized carbons (Fsp3) is 0.632. The van der Waals surface area contributed by atoms with Gasteiger partial charge in [0.15, 0.2) is 0 Å². The van der Waals surface area contributed by atoms with Crippen molar-refractivity contribution in [2.24, 2.45) is 0 Å². The molecule has 0 radical (unpaired) electrons. The van der Waals surface area contributed by atoms with Gasteiger partial charge in [-0.05, 0) is 77.6 Å². The average Bonchev–Trinajstić information content (AvgIpc) is 2.58. The Bertz CT molecular complexity index is 515. The van der Waals surface area contributed by atoms with Gasteiger partial charge in [-0.15, -0.1) is 0 Å². The van der Waals surface area contributed by atoms with Crippen molar-refractivity contribution in [2.75, 3.05) is 40.3 Å². The highest BCUT2D eigenvalue weighted by Gasteiger charge is 2.19. The van der Waals surface area contributed by atoms with Crippen LogP contribution in [-0.2, 0) is 0 Å². The molecule has 1 aliphatic rings. The first-order chi connectivity index (χ1) is 11.6. The number of rotatable bonds is 8. The molecule has 0 bridgehead atoms. The molecule has 1 aromatic carbocycles. The summed E-state index contributed by atoms with van der Waals surface area (Å²) in [5.41, 5.74) is 0.386. The van der Waals surface area contributed by atoms with Gasteiger partial charge < -0.3 is 15.1 Å². The number of amides is 1. The molecule has 0 aromatic heterocycles. The number of carbonyl (C=O) groups is 1. The van der Waals surface area contributed by atoms with Crippen LogP contribution in [0.3, 0.4) is 0 Å². The maximum atomic E-state index is 13.1. The van der Waals surface area contributed by atoms with Crippen molar-refractivity contribution in [3.8, 4) is 0 Å². The second-order valence-corrected chi connectivity index (χ2v) is 6.84. The van der Waals surface area contributed by atoms with Crippen LogP contribution in [0.5, 0.6) is 0 Å². The Morgan fingerprint density at radius 3 is 2.75 bits per heavy atom. The zero-order valence-corrected chi connectivity index (χ0v) is 14.9. The fourth-order valence-electron chi connectivity index (χ4n) is 3.21. The van der Waals surface area contributed by atoms with Crippen LogP contribution >= 0.6 is 0 Å². The maximum absolute atomic E-state index is 13.1. The van der Waals surface area contributed by atoms with Crippen molar-refractivity contribution in [3.63, 3.8) is 0 Å². The molecule has 1 aliphatic heterocycles. The van der Waals surface area contributed by atoms with Crippen LogP contribution in [0.1, 0.15) is 42.5 Å². The first-order valence-electron chi connectivity index (χ1n) is 8.99. The first-order valence-corrected chi connectivity index (χ1v) is 8.99. The highest BCUT2D eigenvalue weighted by Crippen LogP contribution is 2.14. The zero-order valence-electron chi connectivity index (χ0n) is 14.9. The van der Waals surface area contributed by atoms with Gasteiger partial charge in [-0.25, -0.2) is 4.39 Å². The highest BCUT2D eigenvalue weighted by atomic mass is 19.1. The van der Waals surface area contributed by atoms with Crippen molar-refractivity contribution in [1.29, 1.82) is 0 Å². The number of hydrogen-bond donors (Lipinski definition) is 1. The molecule has 1 N–H and O–H groups in total. The molecule has 24 heavy (non-hydrogen) atoms. The van der Waals surface area contributed by atoms with Crippen molar-refractivity contribution in [2.45, 2.75) is 38.1 Å². The van der Waals surface area contributed by atoms with E-state index in [1.165, 1.54) is 38.1 Å².